The van der Waals surface area contributed by atoms with Crippen molar-refractivity contribution in [3.8, 4) is 0 Å². The van der Waals surface area contributed by atoms with E-state index >= 15 is 0 Å². The molecule has 4 nitrogen and oxygen atoms in total. The molecule has 120 valence electrons. The van der Waals surface area contributed by atoms with Crippen molar-refractivity contribution in [1.29, 1.82) is 0 Å². The molecular formula is C16H28N2O2S. The maximum atomic E-state index is 12.6. The normalized spacial score (nSPS) is 12.3. The monoisotopic (exact) mass is 312 g/mol. The van der Waals surface area contributed by atoms with E-state index in [0.29, 0.717) is 23.9 Å². The van der Waals surface area contributed by atoms with Crippen molar-refractivity contribution in [2.24, 2.45) is 5.92 Å². The molecule has 5 heteroatoms. The Morgan fingerprint density at radius 2 is 1.76 bits per heavy atom. The molecule has 0 radical (unpaired) electrons. The molecule has 0 unspecified atom stereocenters. The second kappa shape index (κ2) is 8.51. The highest BCUT2D eigenvalue weighted by Gasteiger charge is 2.23. The van der Waals surface area contributed by atoms with Gasteiger partial charge in [0.05, 0.1) is 4.90 Å². The fraction of sp³-hybridized carbons (Fsp3) is 0.625. The third kappa shape index (κ3) is 5.41. The maximum absolute atomic E-state index is 12.6. The largest absolute Gasteiger partial charge is 0.317 e. The number of likely N-dealkylation sites (N-methyl/N-ethyl adjacent to an activating group) is 1. The van der Waals surface area contributed by atoms with E-state index in [0.717, 1.165) is 25.1 Å². The maximum Gasteiger partial charge on any atom is 0.243 e. The molecule has 0 atom stereocenters. The second-order valence-corrected chi connectivity index (χ2v) is 7.53. The Balaban J connectivity index is 2.83. The van der Waals surface area contributed by atoms with E-state index in [1.807, 2.05) is 32.9 Å². The van der Waals surface area contributed by atoms with E-state index in [-0.39, 0.29) is 0 Å². The summed E-state index contributed by atoms with van der Waals surface area (Å²) in [5.41, 5.74) is 1.15. The zero-order valence-corrected chi connectivity index (χ0v) is 14.4. The SMILES string of the molecule is CCNCCc1ccc(S(=O)(=O)N(CC)CC(C)C)cc1. The van der Waals surface area contributed by atoms with Crippen molar-refractivity contribution in [3.05, 3.63) is 29.8 Å². The first-order chi connectivity index (χ1) is 9.91. The zero-order chi connectivity index (χ0) is 15.9. The van der Waals surface area contributed by atoms with E-state index in [2.05, 4.69) is 12.2 Å². The van der Waals surface area contributed by atoms with Crippen molar-refractivity contribution >= 4 is 10.0 Å². The Hall–Kier alpha value is -0.910. The van der Waals surface area contributed by atoms with Gasteiger partial charge in [-0.3, -0.25) is 0 Å². The standard InChI is InChI=1S/C16H28N2O2S/c1-5-17-12-11-15-7-9-16(10-8-15)21(19,20)18(6-2)13-14(3)4/h7-10,14,17H,5-6,11-13H2,1-4H3. The summed E-state index contributed by atoms with van der Waals surface area (Å²) in [6.07, 6.45) is 0.914. The van der Waals surface area contributed by atoms with Crippen LogP contribution in [0.5, 0.6) is 0 Å². The fourth-order valence-corrected chi connectivity index (χ4v) is 3.80. The summed E-state index contributed by atoms with van der Waals surface area (Å²) in [6.45, 7) is 10.9. The van der Waals surface area contributed by atoms with Crippen LogP contribution in [0.1, 0.15) is 33.3 Å². The third-order valence-corrected chi connectivity index (χ3v) is 5.28. The molecule has 1 aromatic carbocycles. The summed E-state index contributed by atoms with van der Waals surface area (Å²) in [5.74, 6) is 0.319. The van der Waals surface area contributed by atoms with Gasteiger partial charge in [0.25, 0.3) is 0 Å². The first kappa shape index (κ1) is 18.1. The highest BCUT2D eigenvalue weighted by Crippen LogP contribution is 2.17. The van der Waals surface area contributed by atoms with E-state index in [4.69, 9.17) is 0 Å². The molecule has 1 N–H and O–H groups in total. The summed E-state index contributed by atoms with van der Waals surface area (Å²) in [7, 11) is -3.37. The molecule has 0 aliphatic heterocycles. The van der Waals surface area contributed by atoms with E-state index in [9.17, 15) is 8.42 Å². The van der Waals surface area contributed by atoms with Crippen LogP contribution in [0.15, 0.2) is 29.2 Å². The third-order valence-electron chi connectivity index (χ3n) is 3.32. The minimum atomic E-state index is -3.37. The van der Waals surface area contributed by atoms with Crippen molar-refractivity contribution in [2.45, 2.75) is 39.0 Å². The van der Waals surface area contributed by atoms with Gasteiger partial charge in [-0.15, -0.1) is 0 Å². The van der Waals surface area contributed by atoms with Crippen LogP contribution in [-0.4, -0.2) is 38.9 Å². The van der Waals surface area contributed by atoms with Crippen LogP contribution in [0.4, 0.5) is 0 Å². The van der Waals surface area contributed by atoms with Crippen LogP contribution in [0.3, 0.4) is 0 Å². The van der Waals surface area contributed by atoms with Gasteiger partial charge in [-0.2, -0.15) is 4.31 Å². The van der Waals surface area contributed by atoms with Gasteiger partial charge in [-0.05, 0) is 43.1 Å². The minimum absolute atomic E-state index is 0.319. The summed E-state index contributed by atoms with van der Waals surface area (Å²) in [5, 5.41) is 3.26. The fourth-order valence-electron chi connectivity index (χ4n) is 2.19. The lowest BCUT2D eigenvalue weighted by Gasteiger charge is -2.22. The van der Waals surface area contributed by atoms with Gasteiger partial charge in [0, 0.05) is 13.1 Å². The van der Waals surface area contributed by atoms with Crippen LogP contribution in [0, 0.1) is 5.92 Å². The van der Waals surface area contributed by atoms with Gasteiger partial charge in [0.1, 0.15) is 0 Å². The molecule has 0 saturated heterocycles. The first-order valence-electron chi connectivity index (χ1n) is 7.71. The summed E-state index contributed by atoms with van der Waals surface area (Å²) in [6, 6.07) is 7.26. The zero-order valence-electron chi connectivity index (χ0n) is 13.6. The first-order valence-corrected chi connectivity index (χ1v) is 9.15. The highest BCUT2D eigenvalue weighted by molar-refractivity contribution is 7.89. The van der Waals surface area contributed by atoms with Crippen molar-refractivity contribution in [1.82, 2.24) is 9.62 Å². The predicted octanol–water partition coefficient (Wildman–Crippen LogP) is 2.51. The number of sulfonamides is 1. The van der Waals surface area contributed by atoms with Crippen LogP contribution in [0.2, 0.25) is 0 Å². The molecule has 1 rings (SSSR count). The number of rotatable bonds is 9. The molecule has 0 bridgehead atoms. The predicted molar refractivity (Wildman–Crippen MR) is 88.0 cm³/mol. The molecule has 1 aromatic rings. The number of nitrogens with one attached hydrogen (secondary N) is 1. The minimum Gasteiger partial charge on any atom is -0.317 e. The molecule has 21 heavy (non-hydrogen) atoms. The molecule has 0 aliphatic rings. The Morgan fingerprint density at radius 3 is 2.24 bits per heavy atom. The second-order valence-electron chi connectivity index (χ2n) is 5.60. The number of hydrogen-bond acceptors (Lipinski definition) is 3. The van der Waals surface area contributed by atoms with Gasteiger partial charge in [-0.1, -0.05) is 39.8 Å². The van der Waals surface area contributed by atoms with Crippen molar-refractivity contribution in [3.63, 3.8) is 0 Å². The number of nitrogens with zero attached hydrogens (tertiary/aromatic N) is 1. The average molecular weight is 312 g/mol. The Labute approximate surface area is 129 Å². The van der Waals surface area contributed by atoms with Gasteiger partial charge in [0.2, 0.25) is 10.0 Å². The molecular weight excluding hydrogens is 284 g/mol. The van der Waals surface area contributed by atoms with Gasteiger partial charge in [0.15, 0.2) is 0 Å². The van der Waals surface area contributed by atoms with Crippen molar-refractivity contribution in [2.75, 3.05) is 26.2 Å². The van der Waals surface area contributed by atoms with Gasteiger partial charge >= 0.3 is 0 Å². The Morgan fingerprint density at radius 1 is 1.14 bits per heavy atom. The van der Waals surface area contributed by atoms with Crippen LogP contribution < -0.4 is 5.32 Å². The average Bonchev–Trinajstić information content (AvgIpc) is 2.45. The number of benzene rings is 1. The smallest absolute Gasteiger partial charge is 0.243 e. The lowest BCUT2D eigenvalue weighted by Crippen LogP contribution is -2.34. The Bertz CT molecular complexity index is 510. The molecule has 0 spiro atoms. The van der Waals surface area contributed by atoms with Gasteiger partial charge in [-0.25, -0.2) is 8.42 Å². The Kier molecular flexibility index (Phi) is 7.35. The van der Waals surface area contributed by atoms with Crippen LogP contribution in [0.25, 0.3) is 0 Å². The lowest BCUT2D eigenvalue weighted by molar-refractivity contribution is 0.381. The summed E-state index contributed by atoms with van der Waals surface area (Å²) >= 11 is 0. The topological polar surface area (TPSA) is 49.4 Å². The molecule has 0 heterocycles. The lowest BCUT2D eigenvalue weighted by atomic mass is 10.1. The molecule has 0 aliphatic carbocycles. The number of hydrogen-bond donors (Lipinski definition) is 1. The molecule has 0 saturated carbocycles. The van der Waals surface area contributed by atoms with E-state index < -0.39 is 10.0 Å². The summed E-state index contributed by atoms with van der Waals surface area (Å²) in [4.78, 5) is 0.386. The van der Waals surface area contributed by atoms with Crippen LogP contribution in [-0.2, 0) is 16.4 Å². The summed E-state index contributed by atoms with van der Waals surface area (Å²) < 4.78 is 26.7. The van der Waals surface area contributed by atoms with E-state index in [1.165, 1.54) is 0 Å². The van der Waals surface area contributed by atoms with E-state index in [1.54, 1.807) is 16.4 Å². The van der Waals surface area contributed by atoms with Gasteiger partial charge < -0.3 is 5.32 Å². The highest BCUT2D eigenvalue weighted by atomic mass is 32.2. The molecule has 0 aromatic heterocycles. The van der Waals surface area contributed by atoms with Crippen LogP contribution >= 0.6 is 0 Å². The molecule has 0 fully saturated rings. The quantitative estimate of drug-likeness (QED) is 0.713. The molecule has 0 amide bonds. The van der Waals surface area contributed by atoms with Crippen molar-refractivity contribution < 1.29 is 8.42 Å².